The van der Waals surface area contributed by atoms with Crippen LogP contribution in [0.5, 0.6) is 11.5 Å². The Morgan fingerprint density at radius 1 is 1.23 bits per heavy atom. The Bertz CT molecular complexity index is 802. The van der Waals surface area contributed by atoms with E-state index in [1.54, 1.807) is 7.11 Å². The van der Waals surface area contributed by atoms with Crippen molar-refractivity contribution in [2.75, 3.05) is 13.7 Å². The zero-order valence-electron chi connectivity index (χ0n) is 15.9. The van der Waals surface area contributed by atoms with E-state index in [2.05, 4.69) is 17.1 Å². The van der Waals surface area contributed by atoms with E-state index in [0.717, 1.165) is 35.9 Å². The van der Waals surface area contributed by atoms with E-state index in [-0.39, 0.29) is 11.8 Å². The second-order valence-corrected chi connectivity index (χ2v) is 6.99. The summed E-state index contributed by atoms with van der Waals surface area (Å²) < 4.78 is 11.3. The number of carbonyl (C=O) groups excluding carboxylic acids is 1. The molecule has 0 saturated carbocycles. The summed E-state index contributed by atoms with van der Waals surface area (Å²) in [7, 11) is 1.64. The molecule has 2 aromatic rings. The van der Waals surface area contributed by atoms with Crippen molar-refractivity contribution >= 4 is 5.91 Å². The molecule has 0 bridgehead atoms. The topological polar surface area (TPSA) is 51.7 Å². The van der Waals surface area contributed by atoms with Gasteiger partial charge < -0.3 is 14.4 Å². The normalized spacial score (nSPS) is 13.5. The van der Waals surface area contributed by atoms with Gasteiger partial charge in [0.15, 0.2) is 0 Å². The third-order valence-electron chi connectivity index (χ3n) is 4.66. The number of rotatable bonds is 5. The van der Waals surface area contributed by atoms with E-state index in [4.69, 9.17) is 9.47 Å². The van der Waals surface area contributed by atoms with Crippen LogP contribution in [0.15, 0.2) is 30.3 Å². The first-order valence-corrected chi connectivity index (χ1v) is 9.02. The highest BCUT2D eigenvalue weighted by Gasteiger charge is 2.22. The Labute approximate surface area is 155 Å². The Morgan fingerprint density at radius 3 is 2.77 bits per heavy atom. The lowest BCUT2D eigenvalue weighted by molar-refractivity contribution is -0.135. The van der Waals surface area contributed by atoms with Gasteiger partial charge in [-0.2, -0.15) is 0 Å². The summed E-state index contributed by atoms with van der Waals surface area (Å²) in [5.74, 6) is 1.80. The molecule has 5 heteroatoms. The van der Waals surface area contributed by atoms with Crippen LogP contribution in [0.3, 0.4) is 0 Å². The van der Waals surface area contributed by atoms with Crippen molar-refractivity contribution in [3.8, 4) is 11.5 Å². The van der Waals surface area contributed by atoms with E-state index in [9.17, 15) is 4.79 Å². The van der Waals surface area contributed by atoms with Crippen LogP contribution in [0.2, 0.25) is 0 Å². The molecule has 2 heterocycles. The molecule has 0 fully saturated rings. The molecule has 1 amide bonds. The molecule has 0 unspecified atom stereocenters. The van der Waals surface area contributed by atoms with Crippen LogP contribution in [0.25, 0.3) is 0 Å². The Kier molecular flexibility index (Phi) is 5.45. The number of aryl methyl sites for hydroxylation is 1. The maximum absolute atomic E-state index is 12.2. The maximum Gasteiger partial charge on any atom is 0.225 e. The van der Waals surface area contributed by atoms with Gasteiger partial charge in [-0.1, -0.05) is 19.9 Å². The second kappa shape index (κ2) is 7.77. The summed E-state index contributed by atoms with van der Waals surface area (Å²) in [6, 6.07) is 9.93. The fourth-order valence-corrected chi connectivity index (χ4v) is 3.21. The quantitative estimate of drug-likeness (QED) is 0.824. The van der Waals surface area contributed by atoms with Gasteiger partial charge in [-0.15, -0.1) is 0 Å². The van der Waals surface area contributed by atoms with Gasteiger partial charge in [0.05, 0.1) is 7.11 Å². The Balaban J connectivity index is 1.69. The third-order valence-corrected chi connectivity index (χ3v) is 4.66. The highest BCUT2D eigenvalue weighted by Crippen LogP contribution is 2.26. The molecule has 0 radical (unpaired) electrons. The zero-order valence-corrected chi connectivity index (χ0v) is 15.9. The first-order valence-electron chi connectivity index (χ1n) is 9.02. The fraction of sp³-hybridized carbons (Fsp3) is 0.429. The molecule has 5 nitrogen and oxygen atoms in total. The molecule has 1 aliphatic heterocycles. The van der Waals surface area contributed by atoms with Crippen LogP contribution < -0.4 is 9.47 Å². The smallest absolute Gasteiger partial charge is 0.225 e. The second-order valence-electron chi connectivity index (χ2n) is 6.99. The summed E-state index contributed by atoms with van der Waals surface area (Å²) in [5.41, 5.74) is 4.17. The van der Waals surface area contributed by atoms with E-state index in [1.165, 1.54) is 11.1 Å². The average Bonchev–Trinajstić information content (AvgIpc) is 2.65. The van der Waals surface area contributed by atoms with Crippen molar-refractivity contribution in [3.63, 3.8) is 0 Å². The molecule has 3 rings (SSSR count). The van der Waals surface area contributed by atoms with Crippen LogP contribution in [0.4, 0.5) is 0 Å². The van der Waals surface area contributed by atoms with Crippen molar-refractivity contribution in [3.05, 3.63) is 52.8 Å². The van der Waals surface area contributed by atoms with Gasteiger partial charge in [-0.3, -0.25) is 9.78 Å². The summed E-state index contributed by atoms with van der Waals surface area (Å²) in [6.45, 7) is 7.65. The fourth-order valence-electron chi connectivity index (χ4n) is 3.21. The van der Waals surface area contributed by atoms with Crippen molar-refractivity contribution < 1.29 is 14.3 Å². The van der Waals surface area contributed by atoms with Gasteiger partial charge >= 0.3 is 0 Å². The molecule has 0 spiro atoms. The standard InChI is InChI=1S/C21H26N2O3/c1-14(2)21(24)23-10-9-16-11-18(7-6-17(16)12-23)26-13-19-20(25-4)8-5-15(3)22-19/h5-8,11,14H,9-10,12-13H2,1-4H3. The number of fused-ring (bicyclic) bond motifs is 1. The number of hydrogen-bond acceptors (Lipinski definition) is 4. The molecule has 0 aliphatic carbocycles. The molecular formula is C21H26N2O3. The number of hydrogen-bond donors (Lipinski definition) is 0. The van der Waals surface area contributed by atoms with Crippen LogP contribution >= 0.6 is 0 Å². The van der Waals surface area contributed by atoms with Gasteiger partial charge in [0.1, 0.15) is 23.8 Å². The first-order chi connectivity index (χ1) is 12.5. The van der Waals surface area contributed by atoms with Gasteiger partial charge in [0.25, 0.3) is 0 Å². The van der Waals surface area contributed by atoms with E-state index < -0.39 is 0 Å². The van der Waals surface area contributed by atoms with Crippen molar-refractivity contribution in [1.29, 1.82) is 0 Å². The van der Waals surface area contributed by atoms with Gasteiger partial charge in [0, 0.05) is 24.7 Å². The number of pyridine rings is 1. The largest absolute Gasteiger partial charge is 0.495 e. The number of benzene rings is 1. The molecule has 0 N–H and O–H groups in total. The molecule has 0 saturated heterocycles. The first kappa shape index (κ1) is 18.2. The van der Waals surface area contributed by atoms with Crippen molar-refractivity contribution in [2.24, 2.45) is 5.92 Å². The van der Waals surface area contributed by atoms with Gasteiger partial charge in [-0.25, -0.2) is 0 Å². The highest BCUT2D eigenvalue weighted by molar-refractivity contribution is 5.78. The zero-order chi connectivity index (χ0) is 18.7. The molecule has 26 heavy (non-hydrogen) atoms. The molecule has 0 atom stereocenters. The lowest BCUT2D eigenvalue weighted by Gasteiger charge is -2.30. The number of nitrogens with zero attached hydrogens (tertiary/aromatic N) is 2. The van der Waals surface area contributed by atoms with Crippen molar-refractivity contribution in [1.82, 2.24) is 9.88 Å². The van der Waals surface area contributed by atoms with Crippen LogP contribution in [-0.2, 0) is 24.4 Å². The molecular weight excluding hydrogens is 328 g/mol. The van der Waals surface area contributed by atoms with Crippen LogP contribution in [0, 0.1) is 12.8 Å². The predicted octanol–water partition coefficient (Wildman–Crippen LogP) is 3.52. The predicted molar refractivity (Wildman–Crippen MR) is 100 cm³/mol. The Morgan fingerprint density at radius 2 is 2.04 bits per heavy atom. The lowest BCUT2D eigenvalue weighted by atomic mass is 9.98. The minimum atomic E-state index is 0.0379. The Hall–Kier alpha value is -2.56. The van der Waals surface area contributed by atoms with E-state index in [1.807, 2.05) is 43.9 Å². The number of amides is 1. The molecule has 1 aliphatic rings. The minimum absolute atomic E-state index is 0.0379. The van der Waals surface area contributed by atoms with E-state index >= 15 is 0 Å². The average molecular weight is 354 g/mol. The molecule has 1 aromatic carbocycles. The summed E-state index contributed by atoms with van der Waals surface area (Å²) in [6.07, 6.45) is 0.858. The van der Waals surface area contributed by atoms with Gasteiger partial charge in [-0.05, 0) is 48.7 Å². The SMILES string of the molecule is COc1ccc(C)nc1COc1ccc2c(c1)CCN(C(=O)C(C)C)C2. The third kappa shape index (κ3) is 3.98. The van der Waals surface area contributed by atoms with Crippen LogP contribution in [0.1, 0.15) is 36.4 Å². The molecule has 1 aromatic heterocycles. The summed E-state index contributed by atoms with van der Waals surface area (Å²) >= 11 is 0. The number of aromatic nitrogens is 1. The lowest BCUT2D eigenvalue weighted by Crippen LogP contribution is -2.38. The van der Waals surface area contributed by atoms with E-state index in [0.29, 0.717) is 13.2 Å². The number of methoxy groups -OCH3 is 1. The monoisotopic (exact) mass is 354 g/mol. The summed E-state index contributed by atoms with van der Waals surface area (Å²) in [4.78, 5) is 18.6. The maximum atomic E-state index is 12.2. The highest BCUT2D eigenvalue weighted by atomic mass is 16.5. The minimum Gasteiger partial charge on any atom is -0.495 e. The molecule has 138 valence electrons. The number of carbonyl (C=O) groups is 1. The van der Waals surface area contributed by atoms with Crippen molar-refractivity contribution in [2.45, 2.75) is 40.3 Å². The number of ether oxygens (including phenoxy) is 2. The van der Waals surface area contributed by atoms with Gasteiger partial charge in [0.2, 0.25) is 5.91 Å². The summed E-state index contributed by atoms with van der Waals surface area (Å²) in [5, 5.41) is 0. The van der Waals surface area contributed by atoms with Crippen LogP contribution in [-0.4, -0.2) is 29.4 Å².